The predicted molar refractivity (Wildman–Crippen MR) is 87.1 cm³/mol. The molecule has 1 heterocycles. The van der Waals surface area contributed by atoms with E-state index in [2.05, 4.69) is 17.9 Å². The van der Waals surface area contributed by atoms with Crippen LogP contribution in [-0.2, 0) is 12.8 Å². The van der Waals surface area contributed by atoms with Gasteiger partial charge in [0.05, 0.1) is 5.56 Å². The van der Waals surface area contributed by atoms with E-state index in [1.54, 1.807) is 0 Å². The zero-order valence-corrected chi connectivity index (χ0v) is 13.0. The molecule has 0 saturated heterocycles. The molecule has 0 bridgehead atoms. The molecular formula is C17H26N4. The third kappa shape index (κ3) is 3.20. The van der Waals surface area contributed by atoms with Gasteiger partial charge >= 0.3 is 0 Å². The molecule has 2 aliphatic carbocycles. The lowest BCUT2D eigenvalue weighted by molar-refractivity contribution is 0.655. The van der Waals surface area contributed by atoms with Crippen LogP contribution in [0, 0.1) is 11.3 Å². The number of anilines is 1. The highest BCUT2D eigenvalue weighted by Gasteiger charge is 2.27. The molecule has 2 aliphatic rings. The summed E-state index contributed by atoms with van der Waals surface area (Å²) in [7, 11) is 0. The maximum Gasteiger partial charge on any atom is 0.139 e. The van der Waals surface area contributed by atoms with E-state index >= 15 is 0 Å². The van der Waals surface area contributed by atoms with Crippen LogP contribution in [-0.4, -0.2) is 23.9 Å². The zero-order valence-electron chi connectivity index (χ0n) is 13.0. The maximum absolute atomic E-state index is 7.93. The van der Waals surface area contributed by atoms with Gasteiger partial charge in [-0.05, 0) is 62.5 Å². The second-order valence-corrected chi connectivity index (χ2v) is 6.48. The van der Waals surface area contributed by atoms with E-state index in [4.69, 9.17) is 16.1 Å². The molecule has 1 fully saturated rings. The van der Waals surface area contributed by atoms with E-state index in [-0.39, 0.29) is 5.84 Å². The number of aromatic nitrogens is 1. The number of aryl methyl sites for hydroxylation is 2. The Labute approximate surface area is 127 Å². The number of amidine groups is 1. The molecule has 0 spiro atoms. The number of rotatable bonds is 6. The van der Waals surface area contributed by atoms with Crippen LogP contribution in [0.1, 0.15) is 55.8 Å². The van der Waals surface area contributed by atoms with Crippen molar-refractivity contribution in [1.82, 2.24) is 4.98 Å². The van der Waals surface area contributed by atoms with Gasteiger partial charge in [-0.3, -0.25) is 5.41 Å². The summed E-state index contributed by atoms with van der Waals surface area (Å²) in [6.45, 7) is 4.27. The standard InChI is InChI=1S/C17H26N4/c1-2-9-21(11-12-7-8-12)17-14(16(18)19)10-13-5-3-4-6-15(13)20-17/h10,12H,2-9,11H2,1H3,(H3,18,19). The zero-order chi connectivity index (χ0) is 14.8. The van der Waals surface area contributed by atoms with Gasteiger partial charge in [0.25, 0.3) is 0 Å². The molecule has 0 unspecified atom stereocenters. The van der Waals surface area contributed by atoms with E-state index in [0.717, 1.165) is 49.7 Å². The molecule has 0 atom stereocenters. The van der Waals surface area contributed by atoms with Crippen LogP contribution in [0.4, 0.5) is 5.82 Å². The Kier molecular flexibility index (Phi) is 4.13. The summed E-state index contributed by atoms with van der Waals surface area (Å²) in [5, 5.41) is 7.93. The molecule has 4 nitrogen and oxygen atoms in total. The quantitative estimate of drug-likeness (QED) is 0.624. The van der Waals surface area contributed by atoms with Gasteiger partial charge in [0, 0.05) is 18.8 Å². The molecule has 3 N–H and O–H groups in total. The molecule has 0 aromatic carbocycles. The fourth-order valence-electron chi connectivity index (χ4n) is 3.23. The van der Waals surface area contributed by atoms with Crippen molar-refractivity contribution in [2.75, 3.05) is 18.0 Å². The van der Waals surface area contributed by atoms with Crippen molar-refractivity contribution in [3.05, 3.63) is 22.9 Å². The van der Waals surface area contributed by atoms with Crippen molar-refractivity contribution in [2.45, 2.75) is 51.9 Å². The summed E-state index contributed by atoms with van der Waals surface area (Å²) in [6, 6.07) is 2.13. The van der Waals surface area contributed by atoms with Crippen LogP contribution in [0.15, 0.2) is 6.07 Å². The van der Waals surface area contributed by atoms with Crippen molar-refractivity contribution >= 4 is 11.7 Å². The number of hydrogen-bond donors (Lipinski definition) is 2. The van der Waals surface area contributed by atoms with Gasteiger partial charge < -0.3 is 10.6 Å². The summed E-state index contributed by atoms with van der Waals surface area (Å²) in [5.74, 6) is 1.92. The van der Waals surface area contributed by atoms with Gasteiger partial charge in [-0.1, -0.05) is 6.92 Å². The van der Waals surface area contributed by atoms with Crippen molar-refractivity contribution in [2.24, 2.45) is 11.7 Å². The molecule has 1 aromatic rings. The van der Waals surface area contributed by atoms with E-state index < -0.39 is 0 Å². The lowest BCUT2D eigenvalue weighted by Crippen LogP contribution is -2.31. The minimum Gasteiger partial charge on any atom is -0.384 e. The summed E-state index contributed by atoms with van der Waals surface area (Å²) in [4.78, 5) is 7.30. The average Bonchev–Trinajstić information content (AvgIpc) is 3.29. The SMILES string of the molecule is CCCN(CC1CC1)c1nc2c(cc1C(=N)N)CCCC2. The topological polar surface area (TPSA) is 66.0 Å². The second-order valence-electron chi connectivity index (χ2n) is 6.48. The van der Waals surface area contributed by atoms with Gasteiger partial charge in [0.1, 0.15) is 11.7 Å². The second kappa shape index (κ2) is 6.04. The summed E-state index contributed by atoms with van der Waals surface area (Å²) in [6.07, 6.45) is 8.38. The summed E-state index contributed by atoms with van der Waals surface area (Å²) < 4.78 is 0. The first-order valence-electron chi connectivity index (χ1n) is 8.31. The molecular weight excluding hydrogens is 260 g/mol. The minimum atomic E-state index is 0.155. The Bertz CT molecular complexity index is 534. The fourth-order valence-corrected chi connectivity index (χ4v) is 3.23. The van der Waals surface area contributed by atoms with Gasteiger partial charge in [-0.15, -0.1) is 0 Å². The van der Waals surface area contributed by atoms with E-state index in [1.165, 1.54) is 36.9 Å². The Balaban J connectivity index is 1.98. The number of pyridine rings is 1. The average molecular weight is 286 g/mol. The summed E-state index contributed by atoms with van der Waals surface area (Å²) in [5.41, 5.74) is 9.22. The van der Waals surface area contributed by atoms with Crippen LogP contribution in [0.2, 0.25) is 0 Å². The highest BCUT2D eigenvalue weighted by Crippen LogP contribution is 2.33. The largest absolute Gasteiger partial charge is 0.384 e. The smallest absolute Gasteiger partial charge is 0.139 e. The molecule has 3 rings (SSSR count). The van der Waals surface area contributed by atoms with Crippen molar-refractivity contribution in [3.63, 3.8) is 0 Å². The highest BCUT2D eigenvalue weighted by molar-refractivity contribution is 5.99. The predicted octanol–water partition coefficient (Wildman–Crippen LogP) is 2.87. The van der Waals surface area contributed by atoms with Crippen LogP contribution in [0.5, 0.6) is 0 Å². The third-order valence-electron chi connectivity index (χ3n) is 4.54. The number of fused-ring (bicyclic) bond motifs is 1. The fraction of sp³-hybridized carbons (Fsp3) is 0.647. The van der Waals surface area contributed by atoms with Crippen molar-refractivity contribution in [3.8, 4) is 0 Å². The molecule has 21 heavy (non-hydrogen) atoms. The van der Waals surface area contributed by atoms with Crippen LogP contribution >= 0.6 is 0 Å². The van der Waals surface area contributed by atoms with Gasteiger partial charge in [0.15, 0.2) is 0 Å². The molecule has 0 aliphatic heterocycles. The highest BCUT2D eigenvalue weighted by atomic mass is 15.2. The van der Waals surface area contributed by atoms with Gasteiger partial charge in [-0.25, -0.2) is 4.98 Å². The molecule has 0 radical (unpaired) electrons. The Hall–Kier alpha value is -1.58. The molecule has 114 valence electrons. The number of nitrogens with one attached hydrogen (secondary N) is 1. The minimum absolute atomic E-state index is 0.155. The monoisotopic (exact) mass is 286 g/mol. The number of nitrogen functional groups attached to an aromatic ring is 1. The Morgan fingerprint density at radius 3 is 2.81 bits per heavy atom. The Morgan fingerprint density at radius 1 is 1.38 bits per heavy atom. The number of nitrogens with two attached hydrogens (primary N) is 1. The van der Waals surface area contributed by atoms with E-state index in [1.807, 2.05) is 0 Å². The molecule has 1 saturated carbocycles. The van der Waals surface area contributed by atoms with E-state index in [9.17, 15) is 0 Å². The van der Waals surface area contributed by atoms with Crippen molar-refractivity contribution < 1.29 is 0 Å². The first-order chi connectivity index (χ1) is 10.2. The van der Waals surface area contributed by atoms with Gasteiger partial charge in [-0.2, -0.15) is 0 Å². The lowest BCUT2D eigenvalue weighted by Gasteiger charge is -2.27. The first kappa shape index (κ1) is 14.4. The molecule has 0 amide bonds. The van der Waals surface area contributed by atoms with Gasteiger partial charge in [0.2, 0.25) is 0 Å². The van der Waals surface area contributed by atoms with Crippen molar-refractivity contribution in [1.29, 1.82) is 5.41 Å². The maximum atomic E-state index is 7.93. The lowest BCUT2D eigenvalue weighted by atomic mass is 9.94. The third-order valence-corrected chi connectivity index (χ3v) is 4.54. The van der Waals surface area contributed by atoms with E-state index in [0.29, 0.717) is 0 Å². The van der Waals surface area contributed by atoms with Crippen LogP contribution in [0.3, 0.4) is 0 Å². The number of hydrogen-bond acceptors (Lipinski definition) is 3. The normalized spacial score (nSPS) is 17.4. The van der Waals surface area contributed by atoms with Crippen LogP contribution < -0.4 is 10.6 Å². The first-order valence-corrected chi connectivity index (χ1v) is 8.31. The number of nitrogens with zero attached hydrogens (tertiary/aromatic N) is 2. The van der Waals surface area contributed by atoms with Crippen LogP contribution in [0.25, 0.3) is 0 Å². The Morgan fingerprint density at radius 2 is 2.14 bits per heavy atom. The molecule has 1 aromatic heterocycles. The summed E-state index contributed by atoms with van der Waals surface area (Å²) >= 11 is 0. The molecule has 4 heteroatoms.